The number of rotatable bonds is 6. The summed E-state index contributed by atoms with van der Waals surface area (Å²) >= 11 is 0. The van der Waals surface area contributed by atoms with Crippen molar-refractivity contribution in [1.82, 2.24) is 0 Å². The fraction of sp³-hybridized carbons (Fsp3) is 0.375. The molecule has 3 unspecified atom stereocenters. The van der Waals surface area contributed by atoms with Gasteiger partial charge in [0.15, 0.2) is 5.75 Å². The second-order valence-electron chi connectivity index (χ2n) is 12.0. The van der Waals surface area contributed by atoms with Crippen LogP contribution in [-0.4, -0.2) is 39.7 Å². The van der Waals surface area contributed by atoms with Gasteiger partial charge >= 0.3 is 10.1 Å². The van der Waals surface area contributed by atoms with Crippen molar-refractivity contribution in [3.05, 3.63) is 77.9 Å². The van der Waals surface area contributed by atoms with E-state index in [1.165, 1.54) is 12.1 Å². The van der Waals surface area contributed by atoms with Crippen LogP contribution >= 0.6 is 0 Å². The maximum absolute atomic E-state index is 14.7. The van der Waals surface area contributed by atoms with E-state index in [1.54, 1.807) is 18.2 Å². The molecule has 4 aromatic carbocycles. The maximum atomic E-state index is 14.7. The van der Waals surface area contributed by atoms with Gasteiger partial charge in [-0.25, -0.2) is 8.42 Å². The van der Waals surface area contributed by atoms with Crippen molar-refractivity contribution >= 4 is 41.8 Å². The molecule has 8 nitrogen and oxygen atoms in total. The van der Waals surface area contributed by atoms with Crippen LogP contribution in [0.2, 0.25) is 0 Å². The van der Waals surface area contributed by atoms with Gasteiger partial charge < -0.3 is 18.2 Å². The Hall–Kier alpha value is -3.02. The Morgan fingerprint density at radius 1 is 0.810 bits per heavy atom. The van der Waals surface area contributed by atoms with Crippen molar-refractivity contribution in [2.45, 2.75) is 84.6 Å². The minimum Gasteiger partial charge on any atom is -0.744 e. The van der Waals surface area contributed by atoms with E-state index < -0.39 is 30.7 Å². The number of benzene rings is 4. The highest BCUT2D eigenvalue weighted by molar-refractivity contribution is 7.87. The monoisotopic (exact) mass is 605 g/mol. The van der Waals surface area contributed by atoms with E-state index in [4.69, 9.17) is 13.7 Å². The van der Waals surface area contributed by atoms with Crippen molar-refractivity contribution in [3.8, 4) is 5.75 Å². The first-order valence-corrected chi connectivity index (χ1v) is 17.3. The fourth-order valence-corrected chi connectivity index (χ4v) is 10.1. The lowest BCUT2D eigenvalue weighted by Crippen LogP contribution is -2.29. The largest absolute Gasteiger partial charge is 0.744 e. The minimum absolute atomic E-state index is 0.0404. The van der Waals surface area contributed by atoms with Crippen molar-refractivity contribution < 1.29 is 35.0 Å². The van der Waals surface area contributed by atoms with Crippen LogP contribution in [0.1, 0.15) is 62.0 Å². The van der Waals surface area contributed by atoms with E-state index in [0.29, 0.717) is 11.1 Å². The number of ether oxygens (including phenoxy) is 2. The molecule has 4 aliphatic rings. The molecule has 8 rings (SSSR count). The second kappa shape index (κ2) is 9.24. The van der Waals surface area contributed by atoms with Gasteiger partial charge in [-0.3, -0.25) is 0 Å². The van der Waals surface area contributed by atoms with Gasteiger partial charge in [0.05, 0.1) is 28.8 Å². The van der Waals surface area contributed by atoms with Crippen LogP contribution in [-0.2, 0) is 35.3 Å². The molecule has 4 aliphatic heterocycles. The van der Waals surface area contributed by atoms with Crippen LogP contribution < -0.4 is 4.18 Å². The smallest absolute Gasteiger partial charge is 0.339 e. The van der Waals surface area contributed by atoms with Crippen LogP contribution in [0.25, 0.3) is 21.5 Å². The summed E-state index contributed by atoms with van der Waals surface area (Å²) in [5.41, 5.74) is 0.598. The van der Waals surface area contributed by atoms with E-state index in [-0.39, 0.29) is 45.6 Å². The predicted molar refractivity (Wildman–Crippen MR) is 154 cm³/mol. The molecule has 0 saturated carbocycles. The van der Waals surface area contributed by atoms with Gasteiger partial charge in [0, 0.05) is 22.3 Å². The van der Waals surface area contributed by atoms with E-state index >= 15 is 0 Å². The lowest BCUT2D eigenvalue weighted by Gasteiger charge is -2.32. The molecule has 4 bridgehead atoms. The number of fused-ring (bicyclic) bond motifs is 6. The molecule has 0 spiro atoms. The van der Waals surface area contributed by atoms with Crippen molar-refractivity contribution in [3.63, 3.8) is 0 Å². The van der Waals surface area contributed by atoms with Crippen molar-refractivity contribution in [1.29, 1.82) is 0 Å². The van der Waals surface area contributed by atoms with Crippen LogP contribution in [0.4, 0.5) is 0 Å². The third-order valence-corrected chi connectivity index (χ3v) is 11.9. The van der Waals surface area contributed by atoms with Gasteiger partial charge in [0.2, 0.25) is 0 Å². The molecule has 0 aromatic heterocycles. The zero-order chi connectivity index (χ0) is 28.9. The van der Waals surface area contributed by atoms with Gasteiger partial charge in [0.25, 0.3) is 0 Å². The Bertz CT molecular complexity index is 1980. The summed E-state index contributed by atoms with van der Waals surface area (Å²) < 4.78 is 84.1. The highest BCUT2D eigenvalue weighted by Crippen LogP contribution is 2.56. The Labute approximate surface area is 244 Å². The molecule has 0 radical (unpaired) electrons. The minimum atomic E-state index is -4.80. The molecule has 0 amide bonds. The fourth-order valence-electron chi connectivity index (χ4n) is 7.93. The lowest BCUT2D eigenvalue weighted by molar-refractivity contribution is 0.00884. The molecule has 4 aromatic rings. The zero-order valence-electron chi connectivity index (χ0n) is 22.7. The van der Waals surface area contributed by atoms with Crippen molar-refractivity contribution in [2.75, 3.05) is 0 Å². The highest BCUT2D eigenvalue weighted by Gasteiger charge is 2.52. The summed E-state index contributed by atoms with van der Waals surface area (Å²) in [5, 5.41) is 2.11. The lowest BCUT2D eigenvalue weighted by atomic mass is 9.77. The molecule has 0 aliphatic carbocycles. The number of hydrogen-bond acceptors (Lipinski definition) is 8. The molecule has 3 atom stereocenters. The third-order valence-electron chi connectivity index (χ3n) is 9.69. The summed E-state index contributed by atoms with van der Waals surface area (Å²) in [6.07, 6.45) is 5.89. The van der Waals surface area contributed by atoms with Gasteiger partial charge in [-0.2, -0.15) is 8.42 Å². The third kappa shape index (κ3) is 4.03. The van der Waals surface area contributed by atoms with Gasteiger partial charge in [0.1, 0.15) is 15.0 Å². The highest BCUT2D eigenvalue weighted by atomic mass is 32.2. The molecule has 0 N–H and O–H groups in total. The molecule has 42 heavy (non-hydrogen) atoms. The molecule has 4 heterocycles. The molecular weight excluding hydrogens is 576 g/mol. The van der Waals surface area contributed by atoms with E-state index in [1.807, 2.05) is 30.3 Å². The zero-order valence-corrected chi connectivity index (χ0v) is 24.3. The van der Waals surface area contributed by atoms with Crippen LogP contribution in [0.5, 0.6) is 5.75 Å². The van der Waals surface area contributed by atoms with Gasteiger partial charge in [-0.05, 0) is 79.5 Å². The average Bonchev–Trinajstić information content (AvgIpc) is 3.78. The molecule has 218 valence electrons. The number of hydrogen-bond donors (Lipinski definition) is 0. The quantitative estimate of drug-likeness (QED) is 0.198. The van der Waals surface area contributed by atoms with Gasteiger partial charge in [-0.15, -0.1) is 0 Å². The van der Waals surface area contributed by atoms with Crippen LogP contribution in [0, 0.1) is 0 Å². The normalized spacial score (nSPS) is 28.7. The SMILES string of the molecule is O=S(=O)([O-])c1ccc(OS(=O)(=O)c2c(C3CC4CCC3O4)cc3ccccc3c2C23CCC(CC2)O3)c2ccccc12. The summed E-state index contributed by atoms with van der Waals surface area (Å²) in [6.45, 7) is 0. The van der Waals surface area contributed by atoms with Crippen LogP contribution in [0.15, 0.2) is 76.5 Å². The molecule has 4 saturated heterocycles. The summed E-state index contributed by atoms with van der Waals surface area (Å²) in [7, 11) is -9.29. The van der Waals surface area contributed by atoms with E-state index in [0.717, 1.165) is 61.8 Å². The first kappa shape index (κ1) is 26.6. The Kier molecular flexibility index (Phi) is 5.85. The molecule has 4 fully saturated rings. The Balaban J connectivity index is 1.38. The first-order valence-electron chi connectivity index (χ1n) is 14.4. The Morgan fingerprint density at radius 2 is 1.52 bits per heavy atom. The first-order chi connectivity index (χ1) is 20.1. The molecular formula is C32H29O8S2-. The summed E-state index contributed by atoms with van der Waals surface area (Å²) in [4.78, 5) is -0.293. The topological polar surface area (TPSA) is 119 Å². The standard InChI is InChI=1S/C32H30O8S2/c33-41(34,35)29-12-11-28(23-7-3-4-8-24(23)29)40-42(36,37)31-26(25-18-21-9-10-27(25)38-21)17-19-5-1-2-6-22(19)30(31)32-15-13-20(39-32)14-16-32/h1-8,11-12,17,20-21,25,27H,9-10,13-16,18H2,(H,33,34,35)/p-1. The predicted octanol–water partition coefficient (Wildman–Crippen LogP) is 5.87. The Morgan fingerprint density at radius 3 is 2.17 bits per heavy atom. The average molecular weight is 606 g/mol. The van der Waals surface area contributed by atoms with E-state index in [2.05, 4.69) is 0 Å². The summed E-state index contributed by atoms with van der Waals surface area (Å²) in [5.74, 6) is -0.151. The molecule has 10 heteroatoms. The van der Waals surface area contributed by atoms with E-state index in [9.17, 15) is 21.4 Å². The van der Waals surface area contributed by atoms with Crippen molar-refractivity contribution in [2.24, 2.45) is 0 Å². The summed E-state index contributed by atoms with van der Waals surface area (Å²) in [6, 6.07) is 18.5. The maximum Gasteiger partial charge on any atom is 0.339 e. The second-order valence-corrected chi connectivity index (χ2v) is 14.8. The van der Waals surface area contributed by atoms with Gasteiger partial charge in [-0.1, -0.05) is 48.5 Å². The van der Waals surface area contributed by atoms with Crippen LogP contribution in [0.3, 0.4) is 0 Å².